The topological polar surface area (TPSA) is 41.6 Å². The maximum absolute atomic E-state index is 11.3. The van der Waals surface area contributed by atoms with Crippen LogP contribution in [0.1, 0.15) is 40.5 Å². The summed E-state index contributed by atoms with van der Waals surface area (Å²) in [6.45, 7) is 12.1. The van der Waals surface area contributed by atoms with Crippen LogP contribution in [0.15, 0.2) is 0 Å². The van der Waals surface area contributed by atoms with Crippen LogP contribution in [0, 0.1) is 11.3 Å². The number of hydrogen-bond donors (Lipinski definition) is 1. The predicted octanol–water partition coefficient (Wildman–Crippen LogP) is 2.49. The lowest BCUT2D eigenvalue weighted by Crippen LogP contribution is -2.51. The average molecular weight is 256 g/mol. The highest BCUT2D eigenvalue weighted by Gasteiger charge is 2.30. The van der Waals surface area contributed by atoms with Crippen molar-refractivity contribution in [2.45, 2.75) is 46.6 Å². The molecule has 0 radical (unpaired) electrons. The Kier molecular flexibility index (Phi) is 5.45. The maximum atomic E-state index is 11.3. The number of amides is 1. The normalized spacial score (nSPS) is 25.8. The number of carbonyl (C=O) groups excluding carboxylic acids is 1. The van der Waals surface area contributed by atoms with E-state index in [9.17, 15) is 4.79 Å². The summed E-state index contributed by atoms with van der Waals surface area (Å²) in [4.78, 5) is 13.7. The molecule has 0 saturated carbocycles. The highest BCUT2D eigenvalue weighted by Crippen LogP contribution is 2.30. The number of rotatable bonds is 3. The lowest BCUT2D eigenvalue weighted by molar-refractivity contribution is 0.110. The summed E-state index contributed by atoms with van der Waals surface area (Å²) in [7, 11) is 1.42. The molecule has 0 aromatic carbocycles. The smallest absolute Gasteiger partial charge is 0.407 e. The lowest BCUT2D eigenvalue weighted by Gasteiger charge is -2.39. The first kappa shape index (κ1) is 15.3. The molecule has 1 fully saturated rings. The minimum Gasteiger partial charge on any atom is -0.453 e. The Morgan fingerprint density at radius 1 is 1.39 bits per heavy atom. The number of nitrogens with one attached hydrogen (secondary N) is 1. The van der Waals surface area contributed by atoms with Gasteiger partial charge in [0.15, 0.2) is 0 Å². The third-order valence-electron chi connectivity index (χ3n) is 3.47. The fourth-order valence-corrected chi connectivity index (χ4v) is 2.91. The van der Waals surface area contributed by atoms with Crippen LogP contribution in [0.2, 0.25) is 0 Å². The Morgan fingerprint density at radius 3 is 2.56 bits per heavy atom. The van der Waals surface area contributed by atoms with Crippen molar-refractivity contribution in [1.29, 1.82) is 0 Å². The van der Waals surface area contributed by atoms with Gasteiger partial charge in [-0.25, -0.2) is 4.79 Å². The van der Waals surface area contributed by atoms with Crippen molar-refractivity contribution in [2.75, 3.05) is 26.7 Å². The molecule has 0 aliphatic carbocycles. The van der Waals surface area contributed by atoms with E-state index < -0.39 is 0 Å². The first-order chi connectivity index (χ1) is 8.34. The van der Waals surface area contributed by atoms with Crippen molar-refractivity contribution in [2.24, 2.45) is 11.3 Å². The van der Waals surface area contributed by atoms with Gasteiger partial charge in [-0.1, -0.05) is 27.7 Å². The zero-order valence-electron chi connectivity index (χ0n) is 12.5. The Morgan fingerprint density at radius 2 is 2.06 bits per heavy atom. The molecule has 1 amide bonds. The molecule has 4 heteroatoms. The van der Waals surface area contributed by atoms with Gasteiger partial charge >= 0.3 is 6.09 Å². The molecule has 1 aliphatic heterocycles. The molecular weight excluding hydrogens is 228 g/mol. The van der Waals surface area contributed by atoms with Gasteiger partial charge in [-0.05, 0) is 30.7 Å². The number of piperidine rings is 1. The van der Waals surface area contributed by atoms with E-state index in [0.717, 1.165) is 26.1 Å². The number of likely N-dealkylation sites (N-methyl/N-ethyl adjacent to an activating group) is 1. The van der Waals surface area contributed by atoms with E-state index in [1.807, 2.05) is 0 Å². The molecule has 106 valence electrons. The molecule has 0 aromatic rings. The lowest BCUT2D eigenvalue weighted by atomic mass is 9.80. The number of hydrogen-bond acceptors (Lipinski definition) is 3. The Hall–Kier alpha value is -0.770. The van der Waals surface area contributed by atoms with Crippen LogP contribution in [-0.2, 0) is 4.74 Å². The first-order valence-electron chi connectivity index (χ1n) is 6.91. The van der Waals surface area contributed by atoms with Crippen molar-refractivity contribution >= 4 is 6.09 Å². The minimum absolute atomic E-state index is 0.221. The summed E-state index contributed by atoms with van der Waals surface area (Å²) in [6, 6.07) is 0.221. The van der Waals surface area contributed by atoms with E-state index in [0.29, 0.717) is 11.3 Å². The summed E-state index contributed by atoms with van der Waals surface area (Å²) >= 11 is 0. The molecule has 1 heterocycles. The zero-order valence-corrected chi connectivity index (χ0v) is 12.5. The van der Waals surface area contributed by atoms with E-state index in [2.05, 4.69) is 42.6 Å². The largest absolute Gasteiger partial charge is 0.453 e. The van der Waals surface area contributed by atoms with Gasteiger partial charge in [0.05, 0.1) is 7.11 Å². The van der Waals surface area contributed by atoms with E-state index in [-0.39, 0.29) is 12.1 Å². The van der Waals surface area contributed by atoms with Crippen molar-refractivity contribution in [3.05, 3.63) is 0 Å². The number of nitrogens with zero attached hydrogens (tertiary/aromatic N) is 1. The molecule has 2 unspecified atom stereocenters. The summed E-state index contributed by atoms with van der Waals surface area (Å²) < 4.78 is 4.69. The van der Waals surface area contributed by atoms with Gasteiger partial charge in [-0.15, -0.1) is 0 Å². The number of carbonyl (C=O) groups is 1. The molecule has 18 heavy (non-hydrogen) atoms. The van der Waals surface area contributed by atoms with Crippen LogP contribution in [0.25, 0.3) is 0 Å². The van der Waals surface area contributed by atoms with Gasteiger partial charge in [0.25, 0.3) is 0 Å². The van der Waals surface area contributed by atoms with Crippen LogP contribution >= 0.6 is 0 Å². The minimum atomic E-state index is -0.313. The van der Waals surface area contributed by atoms with Gasteiger partial charge < -0.3 is 15.0 Å². The number of ether oxygens (including phenoxy) is 1. The fraction of sp³-hybridized carbons (Fsp3) is 0.929. The molecule has 2 atom stereocenters. The molecule has 1 rings (SSSR count). The van der Waals surface area contributed by atoms with Crippen LogP contribution in [0.5, 0.6) is 0 Å². The number of likely N-dealkylation sites (tertiary alicyclic amines) is 1. The number of alkyl carbamates (subject to hydrolysis) is 1. The maximum Gasteiger partial charge on any atom is 0.407 e. The molecule has 1 aliphatic rings. The fourth-order valence-electron chi connectivity index (χ4n) is 2.91. The van der Waals surface area contributed by atoms with E-state index >= 15 is 0 Å². The average Bonchev–Trinajstić information content (AvgIpc) is 2.26. The van der Waals surface area contributed by atoms with Gasteiger partial charge in [0.1, 0.15) is 0 Å². The Balaban J connectivity index is 2.57. The van der Waals surface area contributed by atoms with Crippen LogP contribution in [-0.4, -0.2) is 43.8 Å². The molecule has 0 bridgehead atoms. The third kappa shape index (κ3) is 5.25. The van der Waals surface area contributed by atoms with E-state index in [1.165, 1.54) is 13.5 Å². The standard InChI is InChI=1S/C14H28N2O2/c1-6-16-9-11(8-14(2,3)4)7-12(10-16)15-13(17)18-5/h11-12H,6-10H2,1-5H3,(H,15,17). The van der Waals surface area contributed by atoms with Crippen molar-refractivity contribution < 1.29 is 9.53 Å². The van der Waals surface area contributed by atoms with E-state index in [1.54, 1.807) is 0 Å². The third-order valence-corrected chi connectivity index (χ3v) is 3.47. The van der Waals surface area contributed by atoms with Crippen molar-refractivity contribution in [3.63, 3.8) is 0 Å². The quantitative estimate of drug-likeness (QED) is 0.843. The molecule has 1 N–H and O–H groups in total. The van der Waals surface area contributed by atoms with Gasteiger partial charge in [0.2, 0.25) is 0 Å². The monoisotopic (exact) mass is 256 g/mol. The highest BCUT2D eigenvalue weighted by atomic mass is 16.5. The predicted molar refractivity (Wildman–Crippen MR) is 73.6 cm³/mol. The van der Waals surface area contributed by atoms with Crippen LogP contribution in [0.4, 0.5) is 4.79 Å². The van der Waals surface area contributed by atoms with Crippen LogP contribution in [0.3, 0.4) is 0 Å². The summed E-state index contributed by atoms with van der Waals surface area (Å²) in [5, 5.41) is 2.95. The van der Waals surface area contributed by atoms with Gasteiger partial charge in [-0.2, -0.15) is 0 Å². The van der Waals surface area contributed by atoms with Gasteiger partial charge in [0, 0.05) is 19.1 Å². The van der Waals surface area contributed by atoms with E-state index in [4.69, 9.17) is 0 Å². The molecule has 0 spiro atoms. The second-order valence-electron chi connectivity index (χ2n) is 6.55. The second-order valence-corrected chi connectivity index (χ2v) is 6.55. The van der Waals surface area contributed by atoms with Gasteiger partial charge in [-0.3, -0.25) is 0 Å². The first-order valence-corrected chi connectivity index (χ1v) is 6.91. The Labute approximate surface area is 111 Å². The van der Waals surface area contributed by atoms with Crippen molar-refractivity contribution in [1.82, 2.24) is 10.2 Å². The summed E-state index contributed by atoms with van der Waals surface area (Å²) in [5.74, 6) is 0.654. The second kappa shape index (κ2) is 6.41. The zero-order chi connectivity index (χ0) is 13.8. The summed E-state index contributed by atoms with van der Waals surface area (Å²) in [6.07, 6.45) is 1.94. The SMILES string of the molecule is CCN1CC(CC(C)(C)C)CC(NC(=O)OC)C1. The molecular formula is C14H28N2O2. The molecule has 1 saturated heterocycles. The number of methoxy groups -OCH3 is 1. The highest BCUT2D eigenvalue weighted by molar-refractivity contribution is 5.67. The molecule has 0 aromatic heterocycles. The Bertz CT molecular complexity index is 273. The van der Waals surface area contributed by atoms with Crippen LogP contribution < -0.4 is 5.32 Å². The van der Waals surface area contributed by atoms with Crippen molar-refractivity contribution in [3.8, 4) is 0 Å². The molecule has 4 nitrogen and oxygen atoms in total. The summed E-state index contributed by atoms with van der Waals surface area (Å²) in [5.41, 5.74) is 0.344.